The van der Waals surface area contributed by atoms with Crippen molar-refractivity contribution in [3.63, 3.8) is 0 Å². The highest BCUT2D eigenvalue weighted by Gasteiger charge is 2.07. The van der Waals surface area contributed by atoms with Crippen LogP contribution in [0.5, 0.6) is 0 Å². The Morgan fingerprint density at radius 1 is 0.792 bits per heavy atom. The van der Waals surface area contributed by atoms with E-state index in [1.807, 2.05) is 0 Å². The fraction of sp³-hybridized carbons (Fsp3) is 0.950. The van der Waals surface area contributed by atoms with Crippen molar-refractivity contribution in [3.05, 3.63) is 0 Å². The topological polar surface area (TPSA) is 49.8 Å². The second kappa shape index (κ2) is 18.7. The Morgan fingerprint density at radius 2 is 1.38 bits per heavy atom. The Morgan fingerprint density at radius 3 is 2.04 bits per heavy atom. The van der Waals surface area contributed by atoms with Crippen LogP contribution in [0.4, 0.5) is 0 Å². The number of nitrogens with zero attached hydrogens (tertiary/aromatic N) is 1. The fourth-order valence-corrected chi connectivity index (χ4v) is 2.83. The van der Waals surface area contributed by atoms with Crippen LogP contribution in [0.2, 0.25) is 0 Å². The summed E-state index contributed by atoms with van der Waals surface area (Å²) in [6.07, 6.45) is 13.7. The zero-order valence-electron chi connectivity index (χ0n) is 16.2. The van der Waals surface area contributed by atoms with Crippen molar-refractivity contribution in [2.75, 3.05) is 32.8 Å². The monoisotopic (exact) mass is 343 g/mol. The highest BCUT2D eigenvalue weighted by atomic mass is 16.5. The number of aliphatic hydroxyl groups excluding tert-OH is 1. The van der Waals surface area contributed by atoms with Gasteiger partial charge < -0.3 is 14.7 Å². The summed E-state index contributed by atoms with van der Waals surface area (Å²) >= 11 is 0. The van der Waals surface area contributed by atoms with Gasteiger partial charge in [-0.3, -0.25) is 4.79 Å². The van der Waals surface area contributed by atoms with Crippen LogP contribution in [0.1, 0.15) is 90.9 Å². The highest BCUT2D eigenvalue weighted by molar-refractivity contribution is 5.69. The Bertz CT molecular complexity index is 272. The van der Waals surface area contributed by atoms with Crippen molar-refractivity contribution in [1.29, 1.82) is 0 Å². The number of unbranched alkanes of at least 4 members (excludes halogenated alkanes) is 8. The molecule has 4 heteroatoms. The van der Waals surface area contributed by atoms with Gasteiger partial charge in [0.25, 0.3) is 0 Å². The number of aliphatic hydroxyl groups is 1. The molecule has 0 rings (SSSR count). The molecule has 0 saturated heterocycles. The normalized spacial score (nSPS) is 11.2. The maximum atomic E-state index is 11.6. The van der Waals surface area contributed by atoms with E-state index in [1.54, 1.807) is 0 Å². The molecular weight excluding hydrogens is 302 g/mol. The molecule has 0 aliphatic carbocycles. The van der Waals surface area contributed by atoms with E-state index >= 15 is 0 Å². The van der Waals surface area contributed by atoms with Gasteiger partial charge in [-0.25, -0.2) is 0 Å². The molecule has 0 fully saturated rings. The smallest absolute Gasteiger partial charge is 0.305 e. The Labute approximate surface area is 150 Å². The molecule has 0 atom stereocenters. The summed E-state index contributed by atoms with van der Waals surface area (Å²) in [7, 11) is 0. The van der Waals surface area contributed by atoms with E-state index in [0.29, 0.717) is 19.6 Å². The molecule has 0 saturated carbocycles. The Kier molecular flexibility index (Phi) is 18.2. The SMILES string of the molecule is CCCCCCCCCN(CCO)CCCC(=O)OCCCCC. The minimum absolute atomic E-state index is 0.0778. The average molecular weight is 344 g/mol. The zero-order chi connectivity index (χ0) is 17.9. The van der Waals surface area contributed by atoms with E-state index in [1.165, 1.54) is 44.9 Å². The molecule has 0 aromatic carbocycles. The van der Waals surface area contributed by atoms with Crippen molar-refractivity contribution in [3.8, 4) is 0 Å². The van der Waals surface area contributed by atoms with Crippen molar-refractivity contribution in [1.82, 2.24) is 4.90 Å². The van der Waals surface area contributed by atoms with Gasteiger partial charge in [0.2, 0.25) is 0 Å². The van der Waals surface area contributed by atoms with E-state index in [-0.39, 0.29) is 12.6 Å². The molecule has 0 aliphatic rings. The van der Waals surface area contributed by atoms with Gasteiger partial charge in [0.15, 0.2) is 0 Å². The largest absolute Gasteiger partial charge is 0.466 e. The van der Waals surface area contributed by atoms with Crippen LogP contribution in [0.15, 0.2) is 0 Å². The minimum atomic E-state index is -0.0778. The predicted molar refractivity (Wildman–Crippen MR) is 101 cm³/mol. The van der Waals surface area contributed by atoms with E-state index in [0.717, 1.165) is 38.8 Å². The van der Waals surface area contributed by atoms with Crippen LogP contribution in [0.3, 0.4) is 0 Å². The van der Waals surface area contributed by atoms with Gasteiger partial charge in [0, 0.05) is 13.0 Å². The van der Waals surface area contributed by atoms with Gasteiger partial charge in [-0.05, 0) is 32.4 Å². The van der Waals surface area contributed by atoms with E-state index in [9.17, 15) is 9.90 Å². The lowest BCUT2D eigenvalue weighted by Crippen LogP contribution is -2.29. The molecule has 0 spiro atoms. The lowest BCUT2D eigenvalue weighted by atomic mass is 10.1. The highest BCUT2D eigenvalue weighted by Crippen LogP contribution is 2.08. The summed E-state index contributed by atoms with van der Waals surface area (Å²) in [5.41, 5.74) is 0. The summed E-state index contributed by atoms with van der Waals surface area (Å²) in [6, 6.07) is 0. The van der Waals surface area contributed by atoms with E-state index < -0.39 is 0 Å². The van der Waals surface area contributed by atoms with Gasteiger partial charge in [-0.15, -0.1) is 0 Å². The molecule has 0 radical (unpaired) electrons. The maximum Gasteiger partial charge on any atom is 0.305 e. The average Bonchev–Trinajstić information content (AvgIpc) is 2.58. The first kappa shape index (κ1) is 23.4. The Balaban J connectivity index is 3.62. The summed E-state index contributed by atoms with van der Waals surface area (Å²) in [4.78, 5) is 13.9. The number of hydrogen-bond acceptors (Lipinski definition) is 4. The van der Waals surface area contributed by atoms with Gasteiger partial charge in [-0.2, -0.15) is 0 Å². The van der Waals surface area contributed by atoms with Crippen LogP contribution >= 0.6 is 0 Å². The molecule has 0 amide bonds. The number of esters is 1. The van der Waals surface area contributed by atoms with Crippen molar-refractivity contribution in [2.24, 2.45) is 0 Å². The van der Waals surface area contributed by atoms with Gasteiger partial charge >= 0.3 is 5.97 Å². The second-order valence-corrected chi connectivity index (χ2v) is 6.72. The van der Waals surface area contributed by atoms with Crippen LogP contribution in [0, 0.1) is 0 Å². The van der Waals surface area contributed by atoms with Gasteiger partial charge in [0.1, 0.15) is 0 Å². The molecule has 0 aromatic rings. The molecule has 4 nitrogen and oxygen atoms in total. The van der Waals surface area contributed by atoms with Crippen molar-refractivity contribution in [2.45, 2.75) is 90.9 Å². The summed E-state index contributed by atoms with van der Waals surface area (Å²) in [5, 5.41) is 9.18. The summed E-state index contributed by atoms with van der Waals surface area (Å²) in [5.74, 6) is -0.0778. The fourth-order valence-electron chi connectivity index (χ4n) is 2.83. The molecule has 0 unspecified atom stereocenters. The first-order valence-electron chi connectivity index (χ1n) is 10.2. The Hall–Kier alpha value is -0.610. The second-order valence-electron chi connectivity index (χ2n) is 6.72. The van der Waals surface area contributed by atoms with Crippen LogP contribution in [-0.2, 0) is 9.53 Å². The number of ether oxygens (including phenoxy) is 1. The minimum Gasteiger partial charge on any atom is -0.466 e. The van der Waals surface area contributed by atoms with E-state index in [4.69, 9.17) is 4.74 Å². The lowest BCUT2D eigenvalue weighted by Gasteiger charge is -2.21. The maximum absolute atomic E-state index is 11.6. The quantitative estimate of drug-likeness (QED) is 0.293. The van der Waals surface area contributed by atoms with Crippen molar-refractivity contribution < 1.29 is 14.6 Å². The zero-order valence-corrected chi connectivity index (χ0v) is 16.2. The third-order valence-corrected chi connectivity index (χ3v) is 4.36. The molecule has 144 valence electrons. The number of carbonyl (C=O) groups excluding carboxylic acids is 1. The molecule has 24 heavy (non-hydrogen) atoms. The summed E-state index contributed by atoms with van der Waals surface area (Å²) < 4.78 is 5.22. The molecule has 0 aliphatic heterocycles. The van der Waals surface area contributed by atoms with E-state index in [2.05, 4.69) is 18.7 Å². The molecule has 0 aromatic heterocycles. The molecule has 0 bridgehead atoms. The molecule has 0 heterocycles. The molecule has 1 N–H and O–H groups in total. The first-order chi connectivity index (χ1) is 11.7. The van der Waals surface area contributed by atoms with Crippen LogP contribution in [-0.4, -0.2) is 48.8 Å². The number of carbonyl (C=O) groups is 1. The molecular formula is C20H41NO3. The lowest BCUT2D eigenvalue weighted by molar-refractivity contribution is -0.143. The first-order valence-corrected chi connectivity index (χ1v) is 10.2. The standard InChI is InChI=1S/C20H41NO3/c1-3-5-7-8-9-10-11-15-21(17-18-22)16-13-14-20(23)24-19-12-6-4-2/h22H,3-19H2,1-2H3. The third-order valence-electron chi connectivity index (χ3n) is 4.36. The van der Waals surface area contributed by atoms with Gasteiger partial charge in [0.05, 0.1) is 13.2 Å². The third kappa shape index (κ3) is 16.3. The van der Waals surface area contributed by atoms with Gasteiger partial charge in [-0.1, -0.05) is 65.2 Å². The number of hydrogen-bond donors (Lipinski definition) is 1. The van der Waals surface area contributed by atoms with Crippen LogP contribution < -0.4 is 0 Å². The number of rotatable bonds is 18. The predicted octanol–water partition coefficient (Wildman–Crippen LogP) is 4.54. The van der Waals surface area contributed by atoms with Crippen LogP contribution in [0.25, 0.3) is 0 Å². The van der Waals surface area contributed by atoms with Crippen molar-refractivity contribution >= 4 is 5.97 Å². The summed E-state index contributed by atoms with van der Waals surface area (Å²) in [6.45, 7) is 7.75.